The Morgan fingerprint density at radius 2 is 2.06 bits per heavy atom. The summed E-state index contributed by atoms with van der Waals surface area (Å²) in [5.74, 6) is -0.470. The first-order chi connectivity index (χ1) is 8.50. The molecule has 0 saturated carbocycles. The summed E-state index contributed by atoms with van der Waals surface area (Å²) in [6.45, 7) is 1.69. The van der Waals surface area contributed by atoms with Crippen LogP contribution in [0, 0.1) is 6.92 Å². The number of rotatable bonds is 2. The van der Waals surface area contributed by atoms with E-state index in [2.05, 4.69) is 10.4 Å². The third-order valence-corrected chi connectivity index (χ3v) is 3.04. The molecule has 0 aliphatic carbocycles. The molecule has 0 unspecified atom stereocenters. The summed E-state index contributed by atoms with van der Waals surface area (Å²) in [6, 6.07) is 6.86. The maximum Gasteiger partial charge on any atom is 0.277 e. The lowest BCUT2D eigenvalue weighted by Crippen LogP contribution is -2.20. The van der Waals surface area contributed by atoms with Crippen molar-refractivity contribution in [2.24, 2.45) is 7.05 Å². The van der Waals surface area contributed by atoms with Gasteiger partial charge in [0.05, 0.1) is 10.7 Å². The molecule has 1 aromatic carbocycles. The van der Waals surface area contributed by atoms with Gasteiger partial charge in [-0.2, -0.15) is 0 Å². The fourth-order valence-corrected chi connectivity index (χ4v) is 1.82. The average Bonchev–Trinajstić information content (AvgIpc) is 2.56. The quantitative estimate of drug-likeness (QED) is 0.871. The van der Waals surface area contributed by atoms with Crippen molar-refractivity contribution in [1.82, 2.24) is 9.78 Å². The summed E-state index contributed by atoms with van der Waals surface area (Å²) in [7, 11) is 1.67. The molecule has 1 aromatic heterocycles. The van der Waals surface area contributed by atoms with E-state index in [-0.39, 0.29) is 5.56 Å². The van der Waals surface area contributed by atoms with E-state index < -0.39 is 11.5 Å². The molecule has 0 aliphatic heterocycles. The minimum absolute atomic E-state index is 0.0948. The van der Waals surface area contributed by atoms with Crippen LogP contribution in [0.2, 0.25) is 5.02 Å². The lowest BCUT2D eigenvalue weighted by molar-refractivity contribution is 0.102. The molecule has 18 heavy (non-hydrogen) atoms. The van der Waals surface area contributed by atoms with Crippen LogP contribution in [0.15, 0.2) is 29.1 Å². The number of hydrogen-bond acceptors (Lipinski definition) is 2. The van der Waals surface area contributed by atoms with Crippen LogP contribution in [-0.4, -0.2) is 15.7 Å². The lowest BCUT2D eigenvalue weighted by atomic mass is 10.2. The van der Waals surface area contributed by atoms with Gasteiger partial charge < -0.3 is 5.32 Å². The van der Waals surface area contributed by atoms with Gasteiger partial charge in [0.2, 0.25) is 0 Å². The molecule has 0 radical (unpaired) electrons. The molecule has 2 N–H and O–H groups in total. The normalized spacial score (nSPS) is 10.4. The van der Waals surface area contributed by atoms with Crippen LogP contribution in [0.5, 0.6) is 0 Å². The first-order valence-electron chi connectivity index (χ1n) is 5.32. The second-order valence-electron chi connectivity index (χ2n) is 3.89. The molecule has 5 nitrogen and oxygen atoms in total. The molecular formula is C12H12ClN3O2. The number of carbonyl (C=O) groups excluding carboxylic acids is 1. The zero-order chi connectivity index (χ0) is 13.3. The number of para-hydroxylation sites is 1. The van der Waals surface area contributed by atoms with Crippen molar-refractivity contribution < 1.29 is 4.79 Å². The molecule has 2 rings (SSSR count). The topological polar surface area (TPSA) is 66.9 Å². The van der Waals surface area contributed by atoms with Gasteiger partial charge in [-0.3, -0.25) is 19.4 Å². The highest BCUT2D eigenvalue weighted by Gasteiger charge is 2.18. The molecule has 6 heteroatoms. The van der Waals surface area contributed by atoms with Crippen molar-refractivity contribution in [1.29, 1.82) is 0 Å². The summed E-state index contributed by atoms with van der Waals surface area (Å²) < 4.78 is 1.50. The molecule has 0 aliphatic rings. The number of aromatic nitrogens is 2. The highest BCUT2D eigenvalue weighted by molar-refractivity contribution is 6.33. The molecule has 0 fully saturated rings. The number of anilines is 1. The average molecular weight is 266 g/mol. The Morgan fingerprint density at radius 3 is 2.61 bits per heavy atom. The Morgan fingerprint density at radius 1 is 1.39 bits per heavy atom. The number of benzene rings is 1. The molecule has 1 amide bonds. The lowest BCUT2D eigenvalue weighted by Gasteiger charge is -2.05. The van der Waals surface area contributed by atoms with E-state index in [1.807, 2.05) is 0 Å². The Bertz CT molecular complexity index is 658. The van der Waals surface area contributed by atoms with Crippen molar-refractivity contribution in [2.75, 3.05) is 5.32 Å². The van der Waals surface area contributed by atoms with Gasteiger partial charge in [-0.15, -0.1) is 0 Å². The first-order valence-corrected chi connectivity index (χ1v) is 5.70. The number of nitrogens with one attached hydrogen (secondary N) is 2. The number of nitrogens with zero attached hydrogens (tertiary/aromatic N) is 1. The fraction of sp³-hybridized carbons (Fsp3) is 0.167. The number of aromatic amines is 1. The molecule has 0 saturated heterocycles. The van der Waals surface area contributed by atoms with Crippen LogP contribution in [-0.2, 0) is 7.05 Å². The maximum absolute atomic E-state index is 12.0. The smallest absolute Gasteiger partial charge is 0.277 e. The Kier molecular flexibility index (Phi) is 3.25. The summed E-state index contributed by atoms with van der Waals surface area (Å²) >= 11 is 5.93. The summed E-state index contributed by atoms with van der Waals surface area (Å²) in [4.78, 5) is 23.6. The van der Waals surface area contributed by atoms with Gasteiger partial charge in [-0.25, -0.2) is 0 Å². The molecule has 0 spiro atoms. The molecule has 1 heterocycles. The summed E-state index contributed by atoms with van der Waals surface area (Å²) in [6.07, 6.45) is 0. The maximum atomic E-state index is 12.0. The molecule has 0 atom stereocenters. The highest BCUT2D eigenvalue weighted by Crippen LogP contribution is 2.21. The van der Waals surface area contributed by atoms with Gasteiger partial charge in [-0.1, -0.05) is 23.7 Å². The van der Waals surface area contributed by atoms with Gasteiger partial charge >= 0.3 is 0 Å². The van der Waals surface area contributed by atoms with Crippen molar-refractivity contribution in [2.45, 2.75) is 6.92 Å². The summed E-state index contributed by atoms with van der Waals surface area (Å²) in [5, 5.41) is 5.57. The molecule has 2 aromatic rings. The van der Waals surface area contributed by atoms with Gasteiger partial charge in [0.1, 0.15) is 5.56 Å². The van der Waals surface area contributed by atoms with Gasteiger partial charge in [-0.05, 0) is 19.1 Å². The number of aryl methyl sites for hydroxylation is 1. The van der Waals surface area contributed by atoms with E-state index in [0.717, 1.165) is 0 Å². The standard InChI is InChI=1S/C12H12ClN3O2/c1-7-10(12(18)15-16(7)2)11(17)14-9-6-4-3-5-8(9)13/h3-6H,1-2H3,(H,14,17)(H,15,18). The van der Waals surface area contributed by atoms with Crippen molar-refractivity contribution in [3.05, 3.63) is 50.9 Å². The van der Waals surface area contributed by atoms with E-state index >= 15 is 0 Å². The number of hydrogen-bond donors (Lipinski definition) is 2. The van der Waals surface area contributed by atoms with E-state index in [0.29, 0.717) is 16.4 Å². The van der Waals surface area contributed by atoms with E-state index in [4.69, 9.17) is 11.6 Å². The predicted octanol–water partition coefficient (Wildman–Crippen LogP) is 1.93. The monoisotopic (exact) mass is 265 g/mol. The minimum atomic E-state index is -0.470. The second kappa shape index (κ2) is 4.70. The highest BCUT2D eigenvalue weighted by atomic mass is 35.5. The molecule has 0 bridgehead atoms. The third kappa shape index (κ3) is 2.17. The van der Waals surface area contributed by atoms with Crippen LogP contribution in [0.1, 0.15) is 16.1 Å². The van der Waals surface area contributed by atoms with E-state index in [9.17, 15) is 9.59 Å². The first kappa shape index (κ1) is 12.4. The van der Waals surface area contributed by atoms with Gasteiger partial charge in [0.25, 0.3) is 11.5 Å². The Labute approximate surface area is 108 Å². The van der Waals surface area contributed by atoms with Crippen molar-refractivity contribution in [3.8, 4) is 0 Å². The van der Waals surface area contributed by atoms with Crippen molar-refractivity contribution >= 4 is 23.2 Å². The summed E-state index contributed by atoms with van der Waals surface area (Å²) in [5.41, 5.74) is 0.730. The van der Waals surface area contributed by atoms with Crippen LogP contribution in [0.4, 0.5) is 5.69 Å². The predicted molar refractivity (Wildman–Crippen MR) is 70.2 cm³/mol. The van der Waals surface area contributed by atoms with E-state index in [1.165, 1.54) is 4.68 Å². The van der Waals surface area contributed by atoms with Crippen molar-refractivity contribution in [3.63, 3.8) is 0 Å². The number of halogens is 1. The molecule has 94 valence electrons. The van der Waals surface area contributed by atoms with Crippen LogP contribution >= 0.6 is 11.6 Å². The minimum Gasteiger partial charge on any atom is -0.320 e. The van der Waals surface area contributed by atoms with E-state index in [1.54, 1.807) is 38.2 Å². The van der Waals surface area contributed by atoms with Crippen LogP contribution in [0.25, 0.3) is 0 Å². The van der Waals surface area contributed by atoms with Crippen LogP contribution < -0.4 is 10.9 Å². The zero-order valence-corrected chi connectivity index (χ0v) is 10.7. The second-order valence-corrected chi connectivity index (χ2v) is 4.30. The SMILES string of the molecule is Cc1c(C(=O)Nc2ccccc2Cl)c(=O)[nH]n1C. The zero-order valence-electron chi connectivity index (χ0n) is 9.95. The Balaban J connectivity index is 2.34. The van der Waals surface area contributed by atoms with Gasteiger partial charge in [0.15, 0.2) is 0 Å². The van der Waals surface area contributed by atoms with Gasteiger partial charge in [0, 0.05) is 12.7 Å². The third-order valence-electron chi connectivity index (χ3n) is 2.71. The fourth-order valence-electron chi connectivity index (χ4n) is 1.64. The van der Waals surface area contributed by atoms with Crippen LogP contribution in [0.3, 0.4) is 0 Å². The number of carbonyl (C=O) groups is 1. The molecular weight excluding hydrogens is 254 g/mol. The Hall–Kier alpha value is -2.01. The number of amides is 1. The number of H-pyrrole nitrogens is 1. The largest absolute Gasteiger partial charge is 0.320 e.